The van der Waals surface area contributed by atoms with Crippen molar-refractivity contribution in [2.75, 3.05) is 13.7 Å². The zero-order chi connectivity index (χ0) is 20.8. The van der Waals surface area contributed by atoms with Crippen LogP contribution >= 0.6 is 11.3 Å². The van der Waals surface area contributed by atoms with Crippen molar-refractivity contribution < 1.29 is 9.53 Å². The molecule has 9 heteroatoms. The molecule has 0 radical (unpaired) electrons. The normalized spacial score (nSPS) is 11.0. The lowest BCUT2D eigenvalue weighted by atomic mass is 10.3. The second-order valence-corrected chi connectivity index (χ2v) is 7.53. The maximum Gasteiger partial charge on any atom is 0.271 e. The number of aromatic nitrogens is 4. The number of nitrogens with zero attached hydrogens (tertiary/aromatic N) is 3. The van der Waals surface area contributed by atoms with E-state index in [1.165, 1.54) is 11.3 Å². The van der Waals surface area contributed by atoms with Crippen LogP contribution in [0.4, 0.5) is 0 Å². The van der Waals surface area contributed by atoms with E-state index < -0.39 is 0 Å². The lowest BCUT2D eigenvalue weighted by Crippen LogP contribution is -2.24. The second-order valence-electron chi connectivity index (χ2n) is 6.59. The molecular weight excluding hydrogens is 400 g/mol. The van der Waals surface area contributed by atoms with Crippen LogP contribution in [0.15, 0.2) is 48.0 Å². The summed E-state index contributed by atoms with van der Waals surface area (Å²) < 4.78 is 5.25. The Morgan fingerprint density at radius 1 is 1.17 bits per heavy atom. The van der Waals surface area contributed by atoms with Crippen LogP contribution in [0.1, 0.15) is 27.0 Å². The van der Waals surface area contributed by atoms with Gasteiger partial charge < -0.3 is 20.4 Å². The third-order valence-corrected chi connectivity index (χ3v) is 5.42. The van der Waals surface area contributed by atoms with Gasteiger partial charge in [-0.3, -0.25) is 9.78 Å². The number of nitrogens with one attached hydrogen (secondary N) is 3. The molecule has 0 aliphatic heterocycles. The molecule has 0 fully saturated rings. The zero-order valence-electron chi connectivity index (χ0n) is 16.5. The number of benzene rings is 1. The van der Waals surface area contributed by atoms with Crippen LogP contribution in [-0.2, 0) is 19.5 Å². The number of carbonyl (C=O) groups excluding carboxylic acids is 1. The van der Waals surface area contributed by atoms with E-state index in [0.717, 1.165) is 34.8 Å². The highest BCUT2D eigenvalue weighted by atomic mass is 32.1. The van der Waals surface area contributed by atoms with Gasteiger partial charge in [-0.15, -0.1) is 11.3 Å². The number of amides is 1. The van der Waals surface area contributed by atoms with Crippen molar-refractivity contribution in [3.63, 3.8) is 0 Å². The van der Waals surface area contributed by atoms with E-state index >= 15 is 0 Å². The van der Waals surface area contributed by atoms with Gasteiger partial charge in [0.2, 0.25) is 0 Å². The summed E-state index contributed by atoms with van der Waals surface area (Å²) in [5, 5.41) is 8.89. The molecule has 8 nitrogen and oxygen atoms in total. The Kier molecular flexibility index (Phi) is 6.31. The summed E-state index contributed by atoms with van der Waals surface area (Å²) in [7, 11) is 1.58. The standard InChI is InChI=1S/C21H22N6O2S/c1-29-18-7-4-9-23-16(18)11-24-21(28)17-13-30-20(27-17)8-10-22-12-19-25-14-5-2-3-6-15(14)26-19/h2-7,9,13,22H,8,10-12H2,1H3,(H,24,28)(H,25,26). The Hall–Kier alpha value is -3.30. The van der Waals surface area contributed by atoms with E-state index in [9.17, 15) is 4.79 Å². The molecule has 3 N–H and O–H groups in total. The number of hydrogen-bond donors (Lipinski definition) is 3. The maximum absolute atomic E-state index is 12.4. The van der Waals surface area contributed by atoms with E-state index in [1.807, 2.05) is 30.3 Å². The fourth-order valence-electron chi connectivity index (χ4n) is 3.02. The predicted molar refractivity (Wildman–Crippen MR) is 116 cm³/mol. The number of hydrogen-bond acceptors (Lipinski definition) is 7. The van der Waals surface area contributed by atoms with Gasteiger partial charge in [-0.1, -0.05) is 12.1 Å². The molecule has 3 aromatic heterocycles. The highest BCUT2D eigenvalue weighted by Crippen LogP contribution is 2.15. The molecular formula is C21H22N6O2S. The SMILES string of the molecule is COc1cccnc1CNC(=O)c1csc(CCNCc2nc3ccccc3[nH]2)n1. The number of para-hydroxylation sites is 2. The van der Waals surface area contributed by atoms with Crippen molar-refractivity contribution in [2.45, 2.75) is 19.5 Å². The number of aromatic amines is 1. The van der Waals surface area contributed by atoms with Crippen LogP contribution in [0.2, 0.25) is 0 Å². The van der Waals surface area contributed by atoms with Gasteiger partial charge in [0, 0.05) is 24.5 Å². The largest absolute Gasteiger partial charge is 0.495 e. The third kappa shape index (κ3) is 4.81. The first-order chi connectivity index (χ1) is 14.7. The molecule has 4 aromatic rings. The number of H-pyrrole nitrogens is 1. The number of thiazole rings is 1. The Labute approximate surface area is 177 Å². The van der Waals surface area contributed by atoms with Gasteiger partial charge in [-0.05, 0) is 24.3 Å². The Morgan fingerprint density at radius 3 is 2.93 bits per heavy atom. The highest BCUT2D eigenvalue weighted by Gasteiger charge is 2.12. The Bertz CT molecular complexity index is 1110. The summed E-state index contributed by atoms with van der Waals surface area (Å²) in [4.78, 5) is 28.9. The number of methoxy groups -OCH3 is 1. The van der Waals surface area contributed by atoms with Crippen molar-refractivity contribution >= 4 is 28.3 Å². The number of rotatable bonds is 9. The van der Waals surface area contributed by atoms with Crippen molar-refractivity contribution in [1.82, 2.24) is 30.6 Å². The topological polar surface area (TPSA) is 105 Å². The first kappa shape index (κ1) is 20.0. The number of fused-ring (bicyclic) bond motifs is 1. The van der Waals surface area contributed by atoms with Crippen LogP contribution in [0.25, 0.3) is 11.0 Å². The quantitative estimate of drug-likeness (QED) is 0.358. The molecule has 0 aliphatic carbocycles. The summed E-state index contributed by atoms with van der Waals surface area (Å²) in [5.74, 6) is 1.33. The van der Waals surface area contributed by atoms with Gasteiger partial charge in [-0.2, -0.15) is 0 Å². The maximum atomic E-state index is 12.4. The fraction of sp³-hybridized carbons (Fsp3) is 0.238. The molecule has 1 aromatic carbocycles. The van der Waals surface area contributed by atoms with Gasteiger partial charge >= 0.3 is 0 Å². The number of ether oxygens (including phenoxy) is 1. The molecule has 3 heterocycles. The summed E-state index contributed by atoms with van der Waals surface area (Å²) >= 11 is 1.48. The summed E-state index contributed by atoms with van der Waals surface area (Å²) in [6, 6.07) is 11.6. The Balaban J connectivity index is 1.24. The van der Waals surface area contributed by atoms with Crippen LogP contribution < -0.4 is 15.4 Å². The molecule has 0 spiro atoms. The van der Waals surface area contributed by atoms with Gasteiger partial charge in [0.1, 0.15) is 23.0 Å². The Morgan fingerprint density at radius 2 is 2.07 bits per heavy atom. The van der Waals surface area contributed by atoms with E-state index in [0.29, 0.717) is 23.7 Å². The zero-order valence-corrected chi connectivity index (χ0v) is 17.3. The smallest absolute Gasteiger partial charge is 0.271 e. The van der Waals surface area contributed by atoms with Crippen LogP contribution in [0.5, 0.6) is 5.75 Å². The van der Waals surface area contributed by atoms with Crippen molar-refractivity contribution in [3.05, 3.63) is 70.2 Å². The number of carbonyl (C=O) groups is 1. The van der Waals surface area contributed by atoms with Crippen LogP contribution in [0.3, 0.4) is 0 Å². The monoisotopic (exact) mass is 422 g/mol. The minimum absolute atomic E-state index is 0.222. The fourth-order valence-corrected chi connectivity index (χ4v) is 3.80. The minimum atomic E-state index is -0.222. The molecule has 0 saturated carbocycles. The van der Waals surface area contributed by atoms with Gasteiger partial charge in [0.05, 0.1) is 36.2 Å². The first-order valence-corrected chi connectivity index (χ1v) is 10.5. The summed E-state index contributed by atoms with van der Waals surface area (Å²) in [6.45, 7) is 1.69. The molecule has 0 aliphatic rings. The molecule has 154 valence electrons. The summed E-state index contributed by atoms with van der Waals surface area (Å²) in [6.07, 6.45) is 2.41. The molecule has 4 rings (SSSR count). The number of pyridine rings is 1. The predicted octanol–water partition coefficient (Wildman–Crippen LogP) is 2.69. The average Bonchev–Trinajstić information content (AvgIpc) is 3.42. The van der Waals surface area contributed by atoms with Gasteiger partial charge in [0.25, 0.3) is 5.91 Å². The summed E-state index contributed by atoms with van der Waals surface area (Å²) in [5.41, 5.74) is 3.10. The lowest BCUT2D eigenvalue weighted by Gasteiger charge is -2.07. The second kappa shape index (κ2) is 9.47. The first-order valence-electron chi connectivity index (χ1n) is 9.58. The van der Waals surface area contributed by atoms with Gasteiger partial charge in [0.15, 0.2) is 0 Å². The van der Waals surface area contributed by atoms with E-state index in [1.54, 1.807) is 24.8 Å². The van der Waals surface area contributed by atoms with E-state index in [4.69, 9.17) is 4.74 Å². The van der Waals surface area contributed by atoms with E-state index in [2.05, 4.69) is 30.6 Å². The van der Waals surface area contributed by atoms with Crippen LogP contribution in [-0.4, -0.2) is 39.5 Å². The lowest BCUT2D eigenvalue weighted by molar-refractivity contribution is 0.0945. The molecule has 30 heavy (non-hydrogen) atoms. The molecule has 0 unspecified atom stereocenters. The molecule has 0 bridgehead atoms. The molecule has 0 atom stereocenters. The van der Waals surface area contributed by atoms with Crippen molar-refractivity contribution in [2.24, 2.45) is 0 Å². The third-order valence-electron chi connectivity index (χ3n) is 4.52. The highest BCUT2D eigenvalue weighted by molar-refractivity contribution is 7.09. The minimum Gasteiger partial charge on any atom is -0.495 e. The number of imidazole rings is 1. The van der Waals surface area contributed by atoms with E-state index in [-0.39, 0.29) is 12.5 Å². The average molecular weight is 423 g/mol. The van der Waals surface area contributed by atoms with Crippen LogP contribution in [0, 0.1) is 0 Å². The van der Waals surface area contributed by atoms with Crippen molar-refractivity contribution in [1.29, 1.82) is 0 Å². The molecule has 1 amide bonds. The molecule has 0 saturated heterocycles. The van der Waals surface area contributed by atoms with Gasteiger partial charge in [-0.25, -0.2) is 9.97 Å². The van der Waals surface area contributed by atoms with Crippen molar-refractivity contribution in [3.8, 4) is 5.75 Å².